The van der Waals surface area contributed by atoms with Crippen LogP contribution in [0.25, 0.3) is 0 Å². The second-order valence-electron chi connectivity index (χ2n) is 6.70. The van der Waals surface area contributed by atoms with Gasteiger partial charge in [0.05, 0.1) is 45.1 Å². The summed E-state index contributed by atoms with van der Waals surface area (Å²) in [6.07, 6.45) is 1.41. The smallest absolute Gasteiger partial charge is 0.291 e. The molecule has 0 unspecified atom stereocenters. The summed E-state index contributed by atoms with van der Waals surface area (Å²) in [4.78, 5) is 25.5. The number of hydrogen-bond donors (Lipinski definition) is 2. The molecule has 0 aliphatic rings. The number of anilines is 2. The molecule has 0 fully saturated rings. The first-order chi connectivity index (χ1) is 16.0. The Balaban J connectivity index is 1.94. The van der Waals surface area contributed by atoms with Gasteiger partial charge in [-0.1, -0.05) is 0 Å². The van der Waals surface area contributed by atoms with Crippen LogP contribution in [0.1, 0.15) is 34.8 Å². The standard InChI is InChI=1S/C24H26N2O7/c1-5-31-21-14-19(26-24(28)20-8-7-9-33-20)22(32-6-2)13-18(21)25-23(27)15-10-16(29-3)12-17(11-15)30-4/h7-14H,5-6H2,1-4H3,(H,25,27)(H,26,28). The lowest BCUT2D eigenvalue weighted by Crippen LogP contribution is -2.15. The number of rotatable bonds is 10. The van der Waals surface area contributed by atoms with Crippen LogP contribution >= 0.6 is 0 Å². The Hall–Kier alpha value is -4.14. The van der Waals surface area contributed by atoms with Gasteiger partial charge >= 0.3 is 0 Å². The predicted molar refractivity (Wildman–Crippen MR) is 123 cm³/mol. The Labute approximate surface area is 191 Å². The third-order valence-electron chi connectivity index (χ3n) is 4.54. The fraction of sp³-hybridized carbons (Fsp3) is 0.250. The number of carbonyl (C=O) groups is 2. The number of amides is 2. The lowest BCUT2D eigenvalue weighted by atomic mass is 10.1. The quantitative estimate of drug-likeness (QED) is 0.461. The van der Waals surface area contributed by atoms with Crippen LogP contribution in [0.4, 0.5) is 11.4 Å². The molecule has 2 amide bonds. The van der Waals surface area contributed by atoms with E-state index in [1.165, 1.54) is 20.5 Å². The molecule has 0 aliphatic carbocycles. The molecule has 9 heteroatoms. The molecule has 0 aliphatic heterocycles. The van der Waals surface area contributed by atoms with Crippen LogP contribution in [-0.4, -0.2) is 39.2 Å². The monoisotopic (exact) mass is 454 g/mol. The molecule has 174 valence electrons. The molecule has 0 saturated heterocycles. The molecule has 0 spiro atoms. The first-order valence-electron chi connectivity index (χ1n) is 10.3. The van der Waals surface area contributed by atoms with E-state index < -0.39 is 11.8 Å². The molecule has 1 heterocycles. The zero-order valence-electron chi connectivity index (χ0n) is 18.9. The van der Waals surface area contributed by atoms with Crippen LogP contribution in [0.15, 0.2) is 53.1 Å². The molecule has 2 aromatic carbocycles. The maximum atomic E-state index is 13.0. The summed E-state index contributed by atoms with van der Waals surface area (Å²) in [5.74, 6) is 0.996. The van der Waals surface area contributed by atoms with E-state index in [0.29, 0.717) is 53.2 Å². The highest BCUT2D eigenvalue weighted by molar-refractivity contribution is 6.07. The van der Waals surface area contributed by atoms with Gasteiger partial charge in [-0.15, -0.1) is 0 Å². The molecule has 33 heavy (non-hydrogen) atoms. The second-order valence-corrected chi connectivity index (χ2v) is 6.70. The molecular weight excluding hydrogens is 428 g/mol. The highest BCUT2D eigenvalue weighted by atomic mass is 16.5. The number of methoxy groups -OCH3 is 2. The molecule has 3 rings (SSSR count). The van der Waals surface area contributed by atoms with Crippen molar-refractivity contribution in [1.29, 1.82) is 0 Å². The van der Waals surface area contributed by atoms with Gasteiger partial charge in [0.2, 0.25) is 0 Å². The minimum Gasteiger partial charge on any atom is -0.497 e. The van der Waals surface area contributed by atoms with Gasteiger partial charge in [-0.05, 0) is 38.1 Å². The maximum Gasteiger partial charge on any atom is 0.291 e. The van der Waals surface area contributed by atoms with E-state index in [1.807, 2.05) is 13.8 Å². The number of carbonyl (C=O) groups excluding carboxylic acids is 2. The highest BCUT2D eigenvalue weighted by Crippen LogP contribution is 2.37. The summed E-state index contributed by atoms with van der Waals surface area (Å²) in [6.45, 7) is 4.32. The van der Waals surface area contributed by atoms with Gasteiger partial charge < -0.3 is 34.0 Å². The number of hydrogen-bond acceptors (Lipinski definition) is 7. The van der Waals surface area contributed by atoms with Crippen molar-refractivity contribution >= 4 is 23.2 Å². The van der Waals surface area contributed by atoms with Gasteiger partial charge in [0, 0.05) is 23.8 Å². The third kappa shape index (κ3) is 5.76. The highest BCUT2D eigenvalue weighted by Gasteiger charge is 2.19. The average Bonchev–Trinajstić information content (AvgIpc) is 3.36. The van der Waals surface area contributed by atoms with Crippen molar-refractivity contribution < 1.29 is 33.0 Å². The van der Waals surface area contributed by atoms with Gasteiger partial charge in [0.1, 0.15) is 23.0 Å². The largest absolute Gasteiger partial charge is 0.497 e. The summed E-state index contributed by atoms with van der Waals surface area (Å²) in [5, 5.41) is 5.59. The zero-order valence-corrected chi connectivity index (χ0v) is 18.9. The molecule has 3 aromatic rings. The normalized spacial score (nSPS) is 10.3. The number of ether oxygens (including phenoxy) is 4. The SMILES string of the molecule is CCOc1cc(NC(=O)c2ccco2)c(OCC)cc1NC(=O)c1cc(OC)cc(OC)c1. The molecule has 0 atom stereocenters. The van der Waals surface area contributed by atoms with Gasteiger partial charge in [-0.3, -0.25) is 9.59 Å². The Kier molecular flexibility index (Phi) is 7.80. The van der Waals surface area contributed by atoms with E-state index in [0.717, 1.165) is 0 Å². The fourth-order valence-corrected chi connectivity index (χ4v) is 3.03. The second kappa shape index (κ2) is 10.9. The molecule has 2 N–H and O–H groups in total. The van der Waals surface area contributed by atoms with E-state index in [-0.39, 0.29) is 5.76 Å². The summed E-state index contributed by atoms with van der Waals surface area (Å²) in [7, 11) is 3.02. The first kappa shape index (κ1) is 23.5. The van der Waals surface area contributed by atoms with Gasteiger partial charge in [0.25, 0.3) is 11.8 Å². The van der Waals surface area contributed by atoms with Gasteiger partial charge in [0.15, 0.2) is 5.76 Å². The van der Waals surface area contributed by atoms with E-state index in [1.54, 1.807) is 42.5 Å². The fourth-order valence-electron chi connectivity index (χ4n) is 3.03. The maximum absolute atomic E-state index is 13.0. The lowest BCUT2D eigenvalue weighted by molar-refractivity contribution is 0.0993. The summed E-state index contributed by atoms with van der Waals surface area (Å²) in [6, 6.07) is 11.2. The van der Waals surface area contributed by atoms with Crippen LogP contribution in [-0.2, 0) is 0 Å². The predicted octanol–water partition coefficient (Wildman–Crippen LogP) is 4.60. The Morgan fingerprint density at radius 2 is 1.36 bits per heavy atom. The topological polar surface area (TPSA) is 108 Å². The third-order valence-corrected chi connectivity index (χ3v) is 4.54. The number of nitrogens with one attached hydrogen (secondary N) is 2. The Morgan fingerprint density at radius 3 is 1.82 bits per heavy atom. The molecule has 1 aromatic heterocycles. The minimum absolute atomic E-state index is 0.153. The van der Waals surface area contributed by atoms with Crippen LogP contribution in [0, 0.1) is 0 Å². The average molecular weight is 454 g/mol. The van der Waals surface area contributed by atoms with Crippen molar-refractivity contribution in [2.24, 2.45) is 0 Å². The molecule has 0 radical (unpaired) electrons. The van der Waals surface area contributed by atoms with Crippen molar-refractivity contribution in [2.75, 3.05) is 38.1 Å². The first-order valence-corrected chi connectivity index (χ1v) is 10.3. The molecule has 9 nitrogen and oxygen atoms in total. The van der Waals surface area contributed by atoms with Crippen molar-refractivity contribution in [2.45, 2.75) is 13.8 Å². The van der Waals surface area contributed by atoms with Crippen LogP contribution in [0.2, 0.25) is 0 Å². The summed E-state index contributed by atoms with van der Waals surface area (Å²) in [5.41, 5.74) is 1.09. The summed E-state index contributed by atoms with van der Waals surface area (Å²) >= 11 is 0. The van der Waals surface area contributed by atoms with Gasteiger partial charge in [-0.2, -0.15) is 0 Å². The van der Waals surface area contributed by atoms with Crippen molar-refractivity contribution in [1.82, 2.24) is 0 Å². The Bertz CT molecular complexity index is 1090. The summed E-state index contributed by atoms with van der Waals surface area (Å²) < 4.78 is 27.0. The molecule has 0 saturated carbocycles. The van der Waals surface area contributed by atoms with E-state index in [4.69, 9.17) is 23.4 Å². The van der Waals surface area contributed by atoms with E-state index in [9.17, 15) is 9.59 Å². The number of benzene rings is 2. The molecule has 0 bridgehead atoms. The molecular formula is C24H26N2O7. The lowest BCUT2D eigenvalue weighted by Gasteiger charge is -2.18. The minimum atomic E-state index is -0.441. The number of furan rings is 1. The van der Waals surface area contributed by atoms with Crippen LogP contribution in [0.5, 0.6) is 23.0 Å². The van der Waals surface area contributed by atoms with Crippen molar-refractivity contribution in [3.63, 3.8) is 0 Å². The van der Waals surface area contributed by atoms with Crippen LogP contribution < -0.4 is 29.6 Å². The van der Waals surface area contributed by atoms with Crippen molar-refractivity contribution in [3.05, 3.63) is 60.1 Å². The van der Waals surface area contributed by atoms with Crippen molar-refractivity contribution in [3.8, 4) is 23.0 Å². The van der Waals surface area contributed by atoms with E-state index >= 15 is 0 Å². The van der Waals surface area contributed by atoms with E-state index in [2.05, 4.69) is 10.6 Å². The Morgan fingerprint density at radius 1 is 0.818 bits per heavy atom. The zero-order chi connectivity index (χ0) is 23.8. The van der Waals surface area contributed by atoms with Crippen LogP contribution in [0.3, 0.4) is 0 Å². The van der Waals surface area contributed by atoms with Gasteiger partial charge in [-0.25, -0.2) is 0 Å².